The zero-order valence-electron chi connectivity index (χ0n) is 10.8. The lowest BCUT2D eigenvalue weighted by atomic mass is 10.2. The molecule has 19 heavy (non-hydrogen) atoms. The molecule has 0 amide bonds. The maximum Gasteiger partial charge on any atom is 0.310 e. The average Bonchev–Trinajstić information content (AvgIpc) is 2.36. The fourth-order valence-electron chi connectivity index (χ4n) is 1.50. The number of rotatable bonds is 8. The highest BCUT2D eigenvalue weighted by atomic mass is 35.5. The van der Waals surface area contributed by atoms with Gasteiger partial charge < -0.3 is 10.1 Å². The molecule has 0 unspecified atom stereocenters. The van der Waals surface area contributed by atoms with E-state index in [-0.39, 0.29) is 18.0 Å². The lowest BCUT2D eigenvalue weighted by molar-refractivity contribution is -0.385. The van der Waals surface area contributed by atoms with E-state index >= 15 is 0 Å². The normalized spacial score (nSPS) is 10.2. The molecule has 0 atom stereocenters. The average molecular weight is 285 g/mol. The van der Waals surface area contributed by atoms with Gasteiger partial charge in [0.05, 0.1) is 4.92 Å². The Morgan fingerprint density at radius 3 is 2.89 bits per heavy atom. The van der Waals surface area contributed by atoms with Gasteiger partial charge in [0.25, 0.3) is 0 Å². The van der Waals surface area contributed by atoms with E-state index < -0.39 is 4.92 Å². The lowest BCUT2D eigenvalue weighted by Crippen LogP contribution is -2.14. The minimum atomic E-state index is -0.477. The minimum Gasteiger partial charge on any atom is -0.481 e. The number of hydrogen-bond donors (Lipinski definition) is 1. The van der Waals surface area contributed by atoms with Crippen molar-refractivity contribution in [2.45, 2.75) is 19.9 Å². The van der Waals surface area contributed by atoms with Gasteiger partial charge in [0, 0.05) is 17.6 Å². The lowest BCUT2D eigenvalue weighted by Gasteiger charge is -2.08. The van der Waals surface area contributed by atoms with Crippen molar-refractivity contribution in [2.24, 2.45) is 0 Å². The van der Waals surface area contributed by atoms with E-state index in [4.69, 9.17) is 16.3 Å². The Morgan fingerprint density at radius 2 is 2.32 bits per heavy atom. The third kappa shape index (κ3) is 5.28. The molecule has 0 spiro atoms. The van der Waals surface area contributed by atoms with Crippen molar-refractivity contribution < 1.29 is 9.66 Å². The van der Waals surface area contributed by atoms with Crippen LogP contribution in [0.3, 0.4) is 0 Å². The van der Waals surface area contributed by atoms with E-state index in [9.17, 15) is 10.1 Å². The van der Waals surface area contributed by atoms with Gasteiger partial charge in [-0.1, -0.05) is 31.2 Å². The first-order valence-corrected chi connectivity index (χ1v) is 6.36. The van der Waals surface area contributed by atoms with Crippen LogP contribution in [0.4, 0.5) is 5.69 Å². The Kier molecular flexibility index (Phi) is 6.32. The van der Waals surface area contributed by atoms with Gasteiger partial charge in [-0.15, -0.1) is 0 Å². The number of benzene rings is 1. The second-order valence-electron chi connectivity index (χ2n) is 4.04. The van der Waals surface area contributed by atoms with E-state index in [0.717, 1.165) is 18.5 Å². The number of nitro groups is 1. The van der Waals surface area contributed by atoms with Gasteiger partial charge in [-0.2, -0.15) is 0 Å². The van der Waals surface area contributed by atoms with Crippen molar-refractivity contribution in [2.75, 3.05) is 13.2 Å². The van der Waals surface area contributed by atoms with Gasteiger partial charge in [0.2, 0.25) is 0 Å². The molecule has 0 heterocycles. The summed E-state index contributed by atoms with van der Waals surface area (Å²) < 4.78 is 5.31. The molecule has 0 saturated carbocycles. The SMILES string of the molecule is C=C(Cl)COc1cc(CNCCC)ccc1[N+](=O)[O-]. The summed E-state index contributed by atoms with van der Waals surface area (Å²) in [5, 5.41) is 14.4. The molecule has 0 fully saturated rings. The molecule has 104 valence electrons. The van der Waals surface area contributed by atoms with Gasteiger partial charge in [-0.25, -0.2) is 0 Å². The topological polar surface area (TPSA) is 64.4 Å². The van der Waals surface area contributed by atoms with Crippen molar-refractivity contribution in [3.05, 3.63) is 45.5 Å². The number of nitro benzene ring substituents is 1. The number of nitrogens with zero attached hydrogens (tertiary/aromatic N) is 1. The van der Waals surface area contributed by atoms with Gasteiger partial charge in [0.15, 0.2) is 5.75 Å². The summed E-state index contributed by atoms with van der Waals surface area (Å²) in [6, 6.07) is 4.80. The van der Waals surface area contributed by atoms with Crippen molar-refractivity contribution in [3.63, 3.8) is 0 Å². The van der Waals surface area contributed by atoms with E-state index in [1.165, 1.54) is 6.07 Å². The van der Waals surface area contributed by atoms with E-state index in [1.54, 1.807) is 12.1 Å². The van der Waals surface area contributed by atoms with Crippen LogP contribution in [0.1, 0.15) is 18.9 Å². The van der Waals surface area contributed by atoms with Crippen LogP contribution in [0.5, 0.6) is 5.75 Å². The fourth-order valence-corrected chi connectivity index (χ4v) is 1.56. The Morgan fingerprint density at radius 1 is 1.58 bits per heavy atom. The predicted octanol–water partition coefficient (Wildman–Crippen LogP) is 3.23. The highest BCUT2D eigenvalue weighted by molar-refractivity contribution is 6.29. The van der Waals surface area contributed by atoms with E-state index in [1.807, 2.05) is 0 Å². The van der Waals surface area contributed by atoms with Gasteiger partial charge in [-0.05, 0) is 24.6 Å². The maximum absolute atomic E-state index is 10.9. The number of ether oxygens (including phenoxy) is 1. The van der Waals surface area contributed by atoms with E-state index in [0.29, 0.717) is 11.6 Å². The standard InChI is InChI=1S/C13H17ClN2O3/c1-3-6-15-8-11-4-5-12(16(17)18)13(7-11)19-9-10(2)14/h4-5,7,15H,2-3,6,8-9H2,1H3. The number of halogens is 1. The molecule has 0 aliphatic heterocycles. The summed E-state index contributed by atoms with van der Waals surface area (Å²) in [5.41, 5.74) is 0.853. The predicted molar refractivity (Wildman–Crippen MR) is 75.6 cm³/mol. The Hall–Kier alpha value is -1.59. The highest BCUT2D eigenvalue weighted by Crippen LogP contribution is 2.28. The highest BCUT2D eigenvalue weighted by Gasteiger charge is 2.15. The maximum atomic E-state index is 10.9. The molecule has 0 bridgehead atoms. The van der Waals surface area contributed by atoms with Crippen LogP contribution < -0.4 is 10.1 Å². The van der Waals surface area contributed by atoms with Gasteiger partial charge in [-0.3, -0.25) is 10.1 Å². The second-order valence-corrected chi connectivity index (χ2v) is 4.58. The Balaban J connectivity index is 2.84. The smallest absolute Gasteiger partial charge is 0.310 e. The molecule has 6 heteroatoms. The molecular formula is C13H17ClN2O3. The zero-order valence-corrected chi connectivity index (χ0v) is 11.6. The zero-order chi connectivity index (χ0) is 14.3. The van der Waals surface area contributed by atoms with Crippen LogP contribution in [-0.4, -0.2) is 18.1 Å². The Labute approximate surface area is 117 Å². The van der Waals surface area contributed by atoms with Crippen molar-refractivity contribution >= 4 is 17.3 Å². The summed E-state index contributed by atoms with van der Waals surface area (Å²) in [6.07, 6.45) is 1.03. The second kappa shape index (κ2) is 7.76. The molecule has 1 aromatic carbocycles. The van der Waals surface area contributed by atoms with Crippen LogP contribution in [0.25, 0.3) is 0 Å². The number of nitrogens with one attached hydrogen (secondary N) is 1. The Bertz CT molecular complexity index is 463. The van der Waals surface area contributed by atoms with E-state index in [2.05, 4.69) is 18.8 Å². The third-order valence-electron chi connectivity index (χ3n) is 2.36. The summed E-state index contributed by atoms with van der Waals surface area (Å²) in [4.78, 5) is 10.4. The van der Waals surface area contributed by atoms with Gasteiger partial charge in [0.1, 0.15) is 6.61 Å². The fraction of sp³-hybridized carbons (Fsp3) is 0.385. The quantitative estimate of drug-likeness (QED) is 0.452. The summed E-state index contributed by atoms with van der Waals surface area (Å²) >= 11 is 5.60. The largest absolute Gasteiger partial charge is 0.481 e. The van der Waals surface area contributed by atoms with Crippen LogP contribution in [-0.2, 0) is 6.54 Å². The monoisotopic (exact) mass is 284 g/mol. The molecule has 1 N–H and O–H groups in total. The van der Waals surface area contributed by atoms with Gasteiger partial charge >= 0.3 is 5.69 Å². The van der Waals surface area contributed by atoms with Crippen LogP contribution in [0.2, 0.25) is 0 Å². The number of hydrogen-bond acceptors (Lipinski definition) is 4. The van der Waals surface area contributed by atoms with Crippen LogP contribution in [0.15, 0.2) is 29.8 Å². The van der Waals surface area contributed by atoms with Crippen molar-refractivity contribution in [3.8, 4) is 5.75 Å². The molecule has 0 aliphatic carbocycles. The van der Waals surface area contributed by atoms with Crippen molar-refractivity contribution in [1.29, 1.82) is 0 Å². The first kappa shape index (κ1) is 15.5. The molecule has 0 aromatic heterocycles. The first-order valence-electron chi connectivity index (χ1n) is 5.98. The third-order valence-corrected chi connectivity index (χ3v) is 2.47. The van der Waals surface area contributed by atoms with Crippen molar-refractivity contribution in [1.82, 2.24) is 5.32 Å². The minimum absolute atomic E-state index is 0.0498. The molecule has 1 rings (SSSR count). The van der Waals surface area contributed by atoms with Crippen LogP contribution >= 0.6 is 11.6 Å². The molecule has 0 radical (unpaired) electrons. The molecular weight excluding hydrogens is 268 g/mol. The molecule has 0 saturated heterocycles. The molecule has 1 aromatic rings. The summed E-state index contributed by atoms with van der Waals surface area (Å²) in [7, 11) is 0. The molecule has 5 nitrogen and oxygen atoms in total. The summed E-state index contributed by atoms with van der Waals surface area (Å²) in [6.45, 7) is 7.15. The van der Waals surface area contributed by atoms with Crippen LogP contribution in [0, 0.1) is 10.1 Å². The first-order chi connectivity index (χ1) is 9.04. The molecule has 0 aliphatic rings. The summed E-state index contributed by atoms with van der Waals surface area (Å²) in [5.74, 6) is 0.211.